The van der Waals surface area contributed by atoms with E-state index in [2.05, 4.69) is 33.2 Å². The summed E-state index contributed by atoms with van der Waals surface area (Å²) in [5.74, 6) is 0. The third kappa shape index (κ3) is 1.89. The number of hydrogen-bond donors (Lipinski definition) is 0. The lowest BCUT2D eigenvalue weighted by molar-refractivity contribution is 0.669. The fourth-order valence-electron chi connectivity index (χ4n) is 2.90. The van der Waals surface area contributed by atoms with E-state index in [4.69, 9.17) is 4.42 Å². The molecule has 0 bridgehead atoms. The van der Waals surface area contributed by atoms with Crippen LogP contribution in [0.15, 0.2) is 71.4 Å². The number of hydrogen-bond acceptors (Lipinski definition) is 4. The summed E-state index contributed by atoms with van der Waals surface area (Å²) in [7, 11) is 0. The molecule has 0 spiro atoms. The van der Waals surface area contributed by atoms with Gasteiger partial charge in [0.15, 0.2) is 5.65 Å². The average Bonchev–Trinajstić information content (AvgIpc) is 2.99. The predicted molar refractivity (Wildman–Crippen MR) is 90.0 cm³/mol. The van der Waals surface area contributed by atoms with Gasteiger partial charge >= 0.3 is 0 Å². The first-order chi connectivity index (χ1) is 11.4. The van der Waals surface area contributed by atoms with Gasteiger partial charge in [-0.05, 0) is 30.3 Å². The first kappa shape index (κ1) is 12.3. The third-order valence-electron chi connectivity index (χ3n) is 4.01. The van der Waals surface area contributed by atoms with Crippen LogP contribution in [-0.4, -0.2) is 15.0 Å². The number of furan rings is 1. The Hall–Kier alpha value is -3.27. The zero-order valence-corrected chi connectivity index (χ0v) is 12.1. The summed E-state index contributed by atoms with van der Waals surface area (Å²) in [6, 6.07) is 18.1. The molecule has 0 saturated heterocycles. The highest BCUT2D eigenvalue weighted by molar-refractivity contribution is 6.05. The van der Waals surface area contributed by atoms with Crippen molar-refractivity contribution in [2.45, 2.75) is 0 Å². The van der Waals surface area contributed by atoms with Crippen molar-refractivity contribution in [1.82, 2.24) is 15.0 Å². The van der Waals surface area contributed by atoms with Crippen LogP contribution in [0.4, 0.5) is 0 Å². The standard InChI is InChI=1S/C19H11N3O/c1-2-4-17-13(3-1)14-6-5-12(11-18(14)23-17)15-7-8-16-19(22-15)21-10-9-20-16/h1-11H. The summed E-state index contributed by atoms with van der Waals surface area (Å²) in [5.41, 5.74) is 5.07. The quantitative estimate of drug-likeness (QED) is 0.454. The summed E-state index contributed by atoms with van der Waals surface area (Å²) in [4.78, 5) is 13.1. The highest BCUT2D eigenvalue weighted by atomic mass is 16.3. The molecule has 4 heteroatoms. The average molecular weight is 297 g/mol. The largest absolute Gasteiger partial charge is 0.456 e. The molecule has 0 atom stereocenters. The van der Waals surface area contributed by atoms with Crippen LogP contribution < -0.4 is 0 Å². The van der Waals surface area contributed by atoms with Crippen LogP contribution in [0.5, 0.6) is 0 Å². The highest BCUT2D eigenvalue weighted by Crippen LogP contribution is 2.31. The van der Waals surface area contributed by atoms with E-state index in [9.17, 15) is 0 Å². The molecular formula is C19H11N3O. The molecule has 0 aliphatic heterocycles. The molecule has 0 unspecified atom stereocenters. The molecule has 3 aromatic heterocycles. The minimum absolute atomic E-state index is 0.648. The lowest BCUT2D eigenvalue weighted by Gasteiger charge is -2.02. The second-order valence-corrected chi connectivity index (χ2v) is 5.40. The first-order valence-electron chi connectivity index (χ1n) is 7.38. The van der Waals surface area contributed by atoms with Crippen molar-refractivity contribution in [3.63, 3.8) is 0 Å². The van der Waals surface area contributed by atoms with Crippen LogP contribution in [0.2, 0.25) is 0 Å². The van der Waals surface area contributed by atoms with E-state index in [1.807, 2.05) is 36.4 Å². The third-order valence-corrected chi connectivity index (χ3v) is 4.01. The van der Waals surface area contributed by atoms with E-state index in [-0.39, 0.29) is 0 Å². The zero-order valence-electron chi connectivity index (χ0n) is 12.1. The van der Waals surface area contributed by atoms with Gasteiger partial charge in [-0.3, -0.25) is 4.98 Å². The van der Waals surface area contributed by atoms with Crippen molar-refractivity contribution in [2.24, 2.45) is 0 Å². The van der Waals surface area contributed by atoms with Gasteiger partial charge in [0.2, 0.25) is 0 Å². The summed E-state index contributed by atoms with van der Waals surface area (Å²) < 4.78 is 5.95. The Balaban J connectivity index is 1.73. The Morgan fingerprint density at radius 2 is 1.61 bits per heavy atom. The fraction of sp³-hybridized carbons (Fsp3) is 0. The number of aromatic nitrogens is 3. The van der Waals surface area contributed by atoms with Crippen molar-refractivity contribution in [2.75, 3.05) is 0 Å². The topological polar surface area (TPSA) is 51.8 Å². The van der Waals surface area contributed by atoms with Gasteiger partial charge in [0.05, 0.1) is 5.69 Å². The number of para-hydroxylation sites is 1. The molecule has 3 heterocycles. The van der Waals surface area contributed by atoms with Crippen molar-refractivity contribution in [3.05, 3.63) is 67.0 Å². The second-order valence-electron chi connectivity index (χ2n) is 5.40. The molecule has 0 radical (unpaired) electrons. The summed E-state index contributed by atoms with van der Waals surface area (Å²) >= 11 is 0. The van der Waals surface area contributed by atoms with Gasteiger partial charge in [0, 0.05) is 28.7 Å². The number of nitrogens with zero attached hydrogens (tertiary/aromatic N) is 3. The van der Waals surface area contributed by atoms with Crippen molar-refractivity contribution in [1.29, 1.82) is 0 Å². The Morgan fingerprint density at radius 1 is 0.739 bits per heavy atom. The van der Waals surface area contributed by atoms with Gasteiger partial charge in [-0.15, -0.1) is 0 Å². The maximum absolute atomic E-state index is 5.95. The van der Waals surface area contributed by atoms with Gasteiger partial charge in [-0.1, -0.05) is 24.3 Å². The van der Waals surface area contributed by atoms with Gasteiger partial charge in [-0.25, -0.2) is 9.97 Å². The van der Waals surface area contributed by atoms with Crippen LogP contribution in [0.1, 0.15) is 0 Å². The van der Waals surface area contributed by atoms with E-state index >= 15 is 0 Å². The molecule has 0 saturated carbocycles. The van der Waals surface area contributed by atoms with Crippen LogP contribution >= 0.6 is 0 Å². The van der Waals surface area contributed by atoms with Crippen LogP contribution in [0.3, 0.4) is 0 Å². The van der Waals surface area contributed by atoms with Gasteiger partial charge in [0.25, 0.3) is 0 Å². The number of fused-ring (bicyclic) bond motifs is 4. The number of pyridine rings is 1. The van der Waals surface area contributed by atoms with E-state index in [0.717, 1.165) is 38.7 Å². The smallest absolute Gasteiger partial charge is 0.178 e. The molecule has 4 nitrogen and oxygen atoms in total. The Kier molecular flexibility index (Phi) is 2.46. The number of benzene rings is 2. The van der Waals surface area contributed by atoms with Gasteiger partial charge in [0.1, 0.15) is 16.7 Å². The molecule has 0 N–H and O–H groups in total. The van der Waals surface area contributed by atoms with Gasteiger partial charge < -0.3 is 4.42 Å². The Bertz CT molecular complexity index is 1180. The molecule has 0 aliphatic rings. The highest BCUT2D eigenvalue weighted by Gasteiger charge is 2.09. The van der Waals surface area contributed by atoms with E-state index in [0.29, 0.717) is 5.65 Å². The minimum atomic E-state index is 0.648. The van der Waals surface area contributed by atoms with E-state index in [1.165, 1.54) is 0 Å². The molecule has 23 heavy (non-hydrogen) atoms. The second kappa shape index (κ2) is 4.61. The van der Waals surface area contributed by atoms with Crippen LogP contribution in [0, 0.1) is 0 Å². The zero-order chi connectivity index (χ0) is 15.2. The molecule has 0 amide bonds. The summed E-state index contributed by atoms with van der Waals surface area (Å²) in [5, 5.41) is 2.25. The molecule has 5 aromatic rings. The molecule has 0 fully saturated rings. The SMILES string of the molecule is c1ccc2c(c1)oc1cc(-c3ccc4nccnc4n3)ccc12. The first-order valence-corrected chi connectivity index (χ1v) is 7.38. The minimum Gasteiger partial charge on any atom is -0.456 e. The molecule has 2 aromatic carbocycles. The fourth-order valence-corrected chi connectivity index (χ4v) is 2.90. The summed E-state index contributed by atoms with van der Waals surface area (Å²) in [6.45, 7) is 0. The van der Waals surface area contributed by atoms with E-state index in [1.54, 1.807) is 12.4 Å². The molecule has 5 rings (SSSR count). The Morgan fingerprint density at radius 3 is 2.61 bits per heavy atom. The maximum Gasteiger partial charge on any atom is 0.178 e. The number of rotatable bonds is 1. The lowest BCUT2D eigenvalue weighted by Crippen LogP contribution is -1.89. The van der Waals surface area contributed by atoms with Crippen LogP contribution in [-0.2, 0) is 0 Å². The molecular weight excluding hydrogens is 286 g/mol. The predicted octanol–water partition coefficient (Wildman–Crippen LogP) is 4.59. The van der Waals surface area contributed by atoms with Crippen molar-refractivity contribution < 1.29 is 4.42 Å². The normalized spacial score (nSPS) is 11.5. The molecule has 108 valence electrons. The maximum atomic E-state index is 5.95. The van der Waals surface area contributed by atoms with Crippen molar-refractivity contribution >= 4 is 33.1 Å². The van der Waals surface area contributed by atoms with Crippen molar-refractivity contribution in [3.8, 4) is 11.3 Å². The summed E-state index contributed by atoms with van der Waals surface area (Å²) in [6.07, 6.45) is 3.33. The van der Waals surface area contributed by atoms with E-state index < -0.39 is 0 Å². The Labute approximate surface area is 131 Å². The lowest BCUT2D eigenvalue weighted by atomic mass is 10.1. The van der Waals surface area contributed by atoms with Gasteiger partial charge in [-0.2, -0.15) is 0 Å². The van der Waals surface area contributed by atoms with Crippen LogP contribution in [0.25, 0.3) is 44.4 Å². The molecule has 0 aliphatic carbocycles. The monoisotopic (exact) mass is 297 g/mol.